The molecule has 11 heteroatoms. The minimum atomic E-state index is -1.56. The smallest absolute Gasteiger partial charge is 0.311 e. The first-order valence-corrected chi connectivity index (χ1v) is 13.0. The molecular weight excluding hydrogens is 512 g/mol. The molecule has 5 atom stereocenters. The van der Waals surface area contributed by atoms with Gasteiger partial charge in [0.1, 0.15) is 12.7 Å². The molecule has 0 aliphatic carbocycles. The molecule has 11 nitrogen and oxygen atoms in total. The lowest BCUT2D eigenvalue weighted by Gasteiger charge is -2.45. The fourth-order valence-corrected chi connectivity index (χ4v) is 2.95. The Morgan fingerprint density at radius 2 is 0.897 bits per heavy atom. The van der Waals surface area contributed by atoms with E-state index in [-0.39, 0.29) is 0 Å². The van der Waals surface area contributed by atoms with E-state index in [4.69, 9.17) is 28.4 Å². The van der Waals surface area contributed by atoms with Crippen LogP contribution in [0.15, 0.2) is 0 Å². The SMILES string of the molecule is CC(=O)O[C@H]1O[C@H](COC(=O)C(C)(C)C)[C@@H](OC(=O)C(C)(C)C)[C@H](OC(=O)C(C)(C)C)[C@H]1OC(=O)C(C)(C)C. The van der Waals surface area contributed by atoms with Crippen molar-refractivity contribution in [3.8, 4) is 0 Å². The highest BCUT2D eigenvalue weighted by molar-refractivity contribution is 5.78. The summed E-state index contributed by atoms with van der Waals surface area (Å²) in [6.07, 6.45) is -7.16. The van der Waals surface area contributed by atoms with E-state index in [0.29, 0.717) is 0 Å². The Labute approximate surface area is 231 Å². The van der Waals surface area contributed by atoms with Crippen molar-refractivity contribution in [1.82, 2.24) is 0 Å². The Morgan fingerprint density at radius 1 is 0.538 bits per heavy atom. The molecule has 1 rings (SSSR count). The number of hydrogen-bond acceptors (Lipinski definition) is 11. The van der Waals surface area contributed by atoms with E-state index in [0.717, 1.165) is 6.92 Å². The van der Waals surface area contributed by atoms with Gasteiger partial charge in [0.15, 0.2) is 12.2 Å². The van der Waals surface area contributed by atoms with E-state index in [1.807, 2.05) is 0 Å². The summed E-state index contributed by atoms with van der Waals surface area (Å²) < 4.78 is 34.0. The van der Waals surface area contributed by atoms with Gasteiger partial charge in [0.2, 0.25) is 12.4 Å². The van der Waals surface area contributed by atoms with Crippen LogP contribution in [-0.2, 0) is 52.4 Å². The quantitative estimate of drug-likeness (QED) is 0.348. The van der Waals surface area contributed by atoms with Crippen LogP contribution in [0.25, 0.3) is 0 Å². The minimum Gasteiger partial charge on any atom is -0.462 e. The summed E-state index contributed by atoms with van der Waals surface area (Å²) in [4.78, 5) is 63.6. The van der Waals surface area contributed by atoms with Crippen molar-refractivity contribution in [3.05, 3.63) is 0 Å². The highest BCUT2D eigenvalue weighted by atomic mass is 16.7. The van der Waals surface area contributed by atoms with Crippen molar-refractivity contribution >= 4 is 29.8 Å². The largest absolute Gasteiger partial charge is 0.462 e. The zero-order valence-corrected chi connectivity index (χ0v) is 25.6. The Kier molecular flexibility index (Phi) is 10.8. The zero-order chi connectivity index (χ0) is 30.7. The maximum Gasteiger partial charge on any atom is 0.311 e. The Bertz CT molecular complexity index is 925. The van der Waals surface area contributed by atoms with Crippen LogP contribution >= 0.6 is 0 Å². The molecule has 0 amide bonds. The maximum absolute atomic E-state index is 13.1. The fourth-order valence-electron chi connectivity index (χ4n) is 2.95. The summed E-state index contributed by atoms with van der Waals surface area (Å²) in [6, 6.07) is 0. The molecule has 0 bridgehead atoms. The van der Waals surface area contributed by atoms with Crippen molar-refractivity contribution in [1.29, 1.82) is 0 Å². The van der Waals surface area contributed by atoms with Crippen LogP contribution in [0.2, 0.25) is 0 Å². The predicted molar refractivity (Wildman–Crippen MR) is 139 cm³/mol. The number of rotatable bonds is 6. The first-order valence-electron chi connectivity index (χ1n) is 13.0. The highest BCUT2D eigenvalue weighted by Gasteiger charge is 2.55. The molecule has 0 aromatic heterocycles. The van der Waals surface area contributed by atoms with Crippen molar-refractivity contribution in [2.45, 2.75) is 121 Å². The van der Waals surface area contributed by atoms with Crippen LogP contribution in [0.4, 0.5) is 0 Å². The zero-order valence-electron chi connectivity index (χ0n) is 25.6. The first kappa shape index (κ1) is 34.3. The topological polar surface area (TPSA) is 141 Å². The van der Waals surface area contributed by atoms with Gasteiger partial charge in [-0.1, -0.05) is 0 Å². The molecule has 0 aromatic carbocycles. The standard InChI is InChI=1S/C28H46O11/c1-15(29)35-20-19(39-24(33)28(11,12)13)18(38-23(32)27(8,9)10)17(37-22(31)26(5,6)7)16(36-20)14-34-21(30)25(2,3)4/h16-20H,14H2,1-13H3/t16-,17-,18+,19-,20+/m1/s1. The van der Waals surface area contributed by atoms with Crippen LogP contribution in [0.3, 0.4) is 0 Å². The van der Waals surface area contributed by atoms with Crippen molar-refractivity contribution < 1.29 is 52.4 Å². The second kappa shape index (κ2) is 12.2. The average Bonchev–Trinajstić information content (AvgIpc) is 2.72. The monoisotopic (exact) mass is 558 g/mol. The summed E-state index contributed by atoms with van der Waals surface area (Å²) in [5.41, 5.74) is -3.82. The van der Waals surface area contributed by atoms with Gasteiger partial charge in [-0.2, -0.15) is 0 Å². The first-order chi connectivity index (χ1) is 17.4. The van der Waals surface area contributed by atoms with E-state index in [1.165, 1.54) is 0 Å². The van der Waals surface area contributed by atoms with Gasteiger partial charge in [-0.3, -0.25) is 24.0 Å². The number of hydrogen-bond donors (Lipinski definition) is 0. The summed E-state index contributed by atoms with van der Waals surface area (Å²) in [6.45, 7) is 20.2. The Balaban J connectivity index is 3.70. The van der Waals surface area contributed by atoms with Crippen LogP contribution in [0, 0.1) is 21.7 Å². The van der Waals surface area contributed by atoms with Gasteiger partial charge in [0.25, 0.3) is 0 Å². The molecule has 1 aliphatic rings. The Morgan fingerprint density at radius 3 is 1.26 bits per heavy atom. The van der Waals surface area contributed by atoms with Gasteiger partial charge < -0.3 is 28.4 Å². The molecule has 1 aliphatic heterocycles. The summed E-state index contributed by atoms with van der Waals surface area (Å²) in [7, 11) is 0. The molecule has 0 spiro atoms. The second-order valence-corrected chi connectivity index (χ2v) is 13.9. The summed E-state index contributed by atoms with van der Waals surface area (Å²) in [5, 5.41) is 0. The lowest BCUT2D eigenvalue weighted by Crippen LogP contribution is -2.64. The summed E-state index contributed by atoms with van der Waals surface area (Å²) >= 11 is 0. The number of carbonyl (C=O) groups excluding carboxylic acids is 5. The number of carbonyl (C=O) groups is 5. The molecule has 39 heavy (non-hydrogen) atoms. The lowest BCUT2D eigenvalue weighted by molar-refractivity contribution is -0.304. The molecule has 0 N–H and O–H groups in total. The lowest BCUT2D eigenvalue weighted by atomic mass is 9.93. The third-order valence-corrected chi connectivity index (χ3v) is 5.43. The molecule has 0 unspecified atom stereocenters. The van der Waals surface area contributed by atoms with Gasteiger partial charge in [0.05, 0.1) is 21.7 Å². The molecule has 0 radical (unpaired) electrons. The number of ether oxygens (including phenoxy) is 6. The molecule has 1 heterocycles. The third-order valence-electron chi connectivity index (χ3n) is 5.43. The van der Waals surface area contributed by atoms with Gasteiger partial charge >= 0.3 is 29.8 Å². The Hall–Kier alpha value is -2.69. The molecule has 1 fully saturated rings. The third kappa shape index (κ3) is 10.1. The van der Waals surface area contributed by atoms with Gasteiger partial charge in [-0.25, -0.2) is 0 Å². The van der Waals surface area contributed by atoms with E-state index in [9.17, 15) is 24.0 Å². The normalized spacial score (nSPS) is 24.3. The summed E-state index contributed by atoms with van der Waals surface area (Å²) in [5.74, 6) is -3.42. The maximum atomic E-state index is 13.1. The molecular formula is C28H46O11. The van der Waals surface area contributed by atoms with Crippen molar-refractivity contribution in [3.63, 3.8) is 0 Å². The predicted octanol–water partition coefficient (Wildman–Crippen LogP) is 3.74. The minimum absolute atomic E-state index is 0.431. The average molecular weight is 559 g/mol. The molecule has 0 saturated carbocycles. The van der Waals surface area contributed by atoms with Crippen molar-refractivity contribution in [2.24, 2.45) is 21.7 Å². The van der Waals surface area contributed by atoms with Crippen molar-refractivity contribution in [2.75, 3.05) is 6.61 Å². The second-order valence-electron chi connectivity index (χ2n) is 13.9. The van der Waals surface area contributed by atoms with Crippen LogP contribution < -0.4 is 0 Å². The highest BCUT2D eigenvalue weighted by Crippen LogP contribution is 2.34. The molecule has 1 saturated heterocycles. The van der Waals surface area contributed by atoms with Crippen LogP contribution in [-0.4, -0.2) is 67.2 Å². The molecule has 0 aromatic rings. The van der Waals surface area contributed by atoms with E-state index >= 15 is 0 Å². The van der Waals surface area contributed by atoms with Crippen LogP contribution in [0.5, 0.6) is 0 Å². The molecule has 224 valence electrons. The van der Waals surface area contributed by atoms with Gasteiger partial charge in [-0.15, -0.1) is 0 Å². The number of esters is 5. The van der Waals surface area contributed by atoms with E-state index in [1.54, 1.807) is 83.1 Å². The van der Waals surface area contributed by atoms with Crippen LogP contribution in [0.1, 0.15) is 90.0 Å². The van der Waals surface area contributed by atoms with E-state index < -0.39 is 88.8 Å². The van der Waals surface area contributed by atoms with E-state index in [2.05, 4.69) is 0 Å². The fraction of sp³-hybridized carbons (Fsp3) is 0.821. The van der Waals surface area contributed by atoms with Gasteiger partial charge in [-0.05, 0) is 83.1 Å². The van der Waals surface area contributed by atoms with Gasteiger partial charge in [0, 0.05) is 6.92 Å².